The predicted octanol–water partition coefficient (Wildman–Crippen LogP) is 3.95. The minimum Gasteiger partial charge on any atom is -0.494 e. The maximum Gasteiger partial charge on any atom is 0.375 e. The molecule has 0 spiro atoms. The maximum atomic E-state index is 11.8. The van der Waals surface area contributed by atoms with Crippen LogP contribution in [0.1, 0.15) is 31.7 Å². The quantitative estimate of drug-likeness (QED) is 0.347. The summed E-state index contributed by atoms with van der Waals surface area (Å²) in [6.45, 7) is 3.01. The minimum absolute atomic E-state index is 0.0254. The Morgan fingerprint density at radius 3 is 2.08 bits per heavy atom. The summed E-state index contributed by atoms with van der Waals surface area (Å²) in [4.78, 5) is 23.5. The molecule has 0 aliphatic heterocycles. The molecule has 0 atom stereocenters. The average molecular weight is 356 g/mol. The number of hydrogen-bond acceptors (Lipinski definition) is 5. The van der Waals surface area contributed by atoms with Gasteiger partial charge in [0.2, 0.25) is 5.78 Å². The summed E-state index contributed by atoms with van der Waals surface area (Å²) in [5.41, 5.74) is 0.839. The van der Waals surface area contributed by atoms with Crippen LogP contribution in [0.25, 0.3) is 0 Å². The molecule has 5 heteroatoms. The Bertz CT molecular complexity index is 679. The zero-order chi connectivity index (χ0) is 18.6. The molecule has 0 heterocycles. The molecular weight excluding hydrogens is 332 g/mol. The number of ether oxygens (including phenoxy) is 3. The van der Waals surface area contributed by atoms with Crippen molar-refractivity contribution in [2.45, 2.75) is 32.8 Å². The van der Waals surface area contributed by atoms with Crippen molar-refractivity contribution >= 4 is 11.8 Å². The molecular formula is C21H24O5. The molecule has 0 amide bonds. The second kappa shape index (κ2) is 10.9. The van der Waals surface area contributed by atoms with Crippen LogP contribution in [0.4, 0.5) is 0 Å². The van der Waals surface area contributed by atoms with Gasteiger partial charge in [0.05, 0.1) is 19.6 Å². The summed E-state index contributed by atoms with van der Waals surface area (Å²) in [5, 5.41) is 0. The molecule has 0 radical (unpaired) electrons. The molecule has 0 saturated carbocycles. The van der Waals surface area contributed by atoms with Gasteiger partial charge in [-0.2, -0.15) is 0 Å². The Hall–Kier alpha value is -2.82. The predicted molar refractivity (Wildman–Crippen MR) is 98.2 cm³/mol. The fourth-order valence-electron chi connectivity index (χ4n) is 2.13. The number of benzene rings is 2. The number of rotatable bonds is 11. The van der Waals surface area contributed by atoms with Gasteiger partial charge in [-0.25, -0.2) is 4.79 Å². The van der Waals surface area contributed by atoms with Gasteiger partial charge in [-0.1, -0.05) is 43.7 Å². The topological polar surface area (TPSA) is 61.8 Å². The monoisotopic (exact) mass is 356 g/mol. The number of Topliss-reactive ketones (excluding diaryl/α,β-unsaturated/α-hetero) is 1. The van der Waals surface area contributed by atoms with Crippen molar-refractivity contribution < 1.29 is 23.8 Å². The summed E-state index contributed by atoms with van der Waals surface area (Å²) in [6, 6.07) is 16.4. The van der Waals surface area contributed by atoms with Crippen LogP contribution in [0, 0.1) is 0 Å². The second-order valence-corrected chi connectivity index (χ2v) is 5.76. The summed E-state index contributed by atoms with van der Waals surface area (Å²) in [7, 11) is 0. The van der Waals surface area contributed by atoms with Crippen molar-refractivity contribution in [1.29, 1.82) is 0 Å². The summed E-state index contributed by atoms with van der Waals surface area (Å²) in [5.74, 6) is -0.0257. The number of hydrogen-bond donors (Lipinski definition) is 0. The smallest absolute Gasteiger partial charge is 0.375 e. The molecule has 0 N–H and O–H groups in total. The lowest BCUT2D eigenvalue weighted by atomic mass is 10.2. The van der Waals surface area contributed by atoms with E-state index in [4.69, 9.17) is 14.2 Å². The van der Waals surface area contributed by atoms with Crippen LogP contribution >= 0.6 is 0 Å². The van der Waals surface area contributed by atoms with Crippen molar-refractivity contribution in [3.63, 3.8) is 0 Å². The summed E-state index contributed by atoms with van der Waals surface area (Å²) < 4.78 is 16.0. The summed E-state index contributed by atoms with van der Waals surface area (Å²) >= 11 is 0. The van der Waals surface area contributed by atoms with Gasteiger partial charge in [0, 0.05) is 0 Å². The highest BCUT2D eigenvalue weighted by atomic mass is 16.5. The van der Waals surface area contributed by atoms with Gasteiger partial charge in [-0.3, -0.25) is 4.79 Å². The Morgan fingerprint density at radius 1 is 0.846 bits per heavy atom. The summed E-state index contributed by atoms with van der Waals surface area (Å²) in [6.07, 6.45) is 2.08. The molecule has 0 fully saturated rings. The zero-order valence-electron chi connectivity index (χ0n) is 15.0. The third-order valence-electron chi connectivity index (χ3n) is 3.63. The number of ketones is 1. The van der Waals surface area contributed by atoms with E-state index in [2.05, 4.69) is 6.92 Å². The lowest BCUT2D eigenvalue weighted by Gasteiger charge is -2.08. The van der Waals surface area contributed by atoms with E-state index in [1.54, 1.807) is 12.1 Å². The molecule has 138 valence electrons. The Morgan fingerprint density at radius 2 is 1.46 bits per heavy atom. The van der Waals surface area contributed by atoms with Gasteiger partial charge < -0.3 is 14.2 Å². The molecule has 5 nitrogen and oxygen atoms in total. The molecule has 2 rings (SSSR count). The molecule has 0 aliphatic carbocycles. The second-order valence-electron chi connectivity index (χ2n) is 5.76. The number of unbranched alkanes of at least 4 members (excludes halogenated alkanes) is 1. The third-order valence-corrected chi connectivity index (χ3v) is 3.63. The molecule has 2 aromatic rings. The SMILES string of the molecule is CCCCOc1ccc(OCCC(=O)C(=O)OCc2ccccc2)cc1. The average Bonchev–Trinajstić information content (AvgIpc) is 2.68. The van der Waals surface area contributed by atoms with E-state index >= 15 is 0 Å². The highest BCUT2D eigenvalue weighted by Crippen LogP contribution is 2.18. The first-order valence-electron chi connectivity index (χ1n) is 8.78. The van der Waals surface area contributed by atoms with E-state index in [1.165, 1.54) is 0 Å². The first-order valence-corrected chi connectivity index (χ1v) is 8.78. The molecule has 0 bridgehead atoms. The van der Waals surface area contributed by atoms with Crippen molar-refractivity contribution in [1.82, 2.24) is 0 Å². The van der Waals surface area contributed by atoms with E-state index in [0.717, 1.165) is 24.2 Å². The van der Waals surface area contributed by atoms with Gasteiger partial charge in [0.15, 0.2) is 0 Å². The fraction of sp³-hybridized carbons (Fsp3) is 0.333. The van der Waals surface area contributed by atoms with Crippen LogP contribution < -0.4 is 9.47 Å². The van der Waals surface area contributed by atoms with Crippen molar-refractivity contribution in [3.05, 3.63) is 60.2 Å². The van der Waals surface area contributed by atoms with E-state index in [-0.39, 0.29) is 19.6 Å². The molecule has 0 saturated heterocycles. The van der Waals surface area contributed by atoms with Crippen LogP contribution in [-0.4, -0.2) is 25.0 Å². The lowest BCUT2D eigenvalue weighted by Crippen LogP contribution is -2.19. The highest BCUT2D eigenvalue weighted by molar-refractivity contribution is 6.33. The Labute approximate surface area is 153 Å². The zero-order valence-corrected chi connectivity index (χ0v) is 15.0. The molecule has 0 aromatic heterocycles. The molecule has 26 heavy (non-hydrogen) atoms. The van der Waals surface area contributed by atoms with Gasteiger partial charge in [0.1, 0.15) is 18.1 Å². The minimum atomic E-state index is -0.836. The Kier molecular flexibility index (Phi) is 8.19. The number of carbonyl (C=O) groups excluding carboxylic acids is 2. The maximum absolute atomic E-state index is 11.8. The molecule has 0 unspecified atom stereocenters. The van der Waals surface area contributed by atoms with Gasteiger partial charge in [-0.15, -0.1) is 0 Å². The van der Waals surface area contributed by atoms with Crippen molar-refractivity contribution in [2.24, 2.45) is 0 Å². The van der Waals surface area contributed by atoms with Crippen LogP contribution in [0.2, 0.25) is 0 Å². The van der Waals surface area contributed by atoms with E-state index in [9.17, 15) is 9.59 Å². The lowest BCUT2D eigenvalue weighted by molar-refractivity contribution is -0.155. The molecule has 2 aromatic carbocycles. The third kappa shape index (κ3) is 6.97. The van der Waals surface area contributed by atoms with Gasteiger partial charge >= 0.3 is 5.97 Å². The van der Waals surface area contributed by atoms with E-state index in [0.29, 0.717) is 12.4 Å². The van der Waals surface area contributed by atoms with Crippen LogP contribution in [0.5, 0.6) is 11.5 Å². The van der Waals surface area contributed by atoms with Crippen LogP contribution in [0.3, 0.4) is 0 Å². The van der Waals surface area contributed by atoms with Crippen molar-refractivity contribution in [2.75, 3.05) is 13.2 Å². The highest BCUT2D eigenvalue weighted by Gasteiger charge is 2.15. The number of esters is 1. The first-order chi connectivity index (χ1) is 12.7. The molecule has 0 aliphatic rings. The fourth-order valence-corrected chi connectivity index (χ4v) is 2.13. The first kappa shape index (κ1) is 19.5. The van der Waals surface area contributed by atoms with Gasteiger partial charge in [-0.05, 0) is 36.2 Å². The van der Waals surface area contributed by atoms with Gasteiger partial charge in [0.25, 0.3) is 0 Å². The van der Waals surface area contributed by atoms with Crippen LogP contribution in [-0.2, 0) is 20.9 Å². The number of carbonyl (C=O) groups is 2. The Balaban J connectivity index is 1.66. The van der Waals surface area contributed by atoms with E-state index in [1.807, 2.05) is 42.5 Å². The largest absolute Gasteiger partial charge is 0.494 e. The van der Waals surface area contributed by atoms with Crippen LogP contribution in [0.15, 0.2) is 54.6 Å². The van der Waals surface area contributed by atoms with Crippen molar-refractivity contribution in [3.8, 4) is 11.5 Å². The standard InChI is InChI=1S/C21H24O5/c1-2-3-14-24-18-9-11-19(12-10-18)25-15-13-20(22)21(23)26-16-17-7-5-4-6-8-17/h4-12H,2-3,13-16H2,1H3. The van der Waals surface area contributed by atoms with E-state index < -0.39 is 11.8 Å². The normalized spacial score (nSPS) is 10.2.